The lowest BCUT2D eigenvalue weighted by atomic mass is 9.93. The van der Waals surface area contributed by atoms with Crippen LogP contribution >= 0.6 is 0 Å². The number of carbonyl (C=O) groups is 2. The van der Waals surface area contributed by atoms with Crippen LogP contribution in [0.25, 0.3) is 0 Å². The molecule has 1 amide bonds. The molecule has 1 aromatic carbocycles. The molecule has 7 nitrogen and oxygen atoms in total. The second kappa shape index (κ2) is 7.65. The maximum absolute atomic E-state index is 12.8. The molecule has 132 valence electrons. The third-order valence-electron chi connectivity index (χ3n) is 4.03. The topological polar surface area (TPSA) is 104 Å². The number of carbonyl (C=O) groups excluding carboxylic acids is 1. The zero-order valence-electron chi connectivity index (χ0n) is 13.6. The van der Waals surface area contributed by atoms with Crippen LogP contribution in [0.5, 0.6) is 0 Å². The number of likely N-dealkylation sites (tertiary alicyclic amines) is 1. The Kier molecular flexibility index (Phi) is 5.82. The van der Waals surface area contributed by atoms with E-state index in [0.29, 0.717) is 25.1 Å². The van der Waals surface area contributed by atoms with E-state index in [1.165, 1.54) is 0 Å². The monoisotopic (exact) mass is 354 g/mol. The molecule has 1 aromatic rings. The van der Waals surface area contributed by atoms with Crippen LogP contribution in [0.3, 0.4) is 0 Å². The van der Waals surface area contributed by atoms with Crippen molar-refractivity contribution in [3.05, 3.63) is 29.8 Å². The number of rotatable bonds is 6. The van der Waals surface area contributed by atoms with Gasteiger partial charge in [0, 0.05) is 19.5 Å². The van der Waals surface area contributed by atoms with E-state index in [9.17, 15) is 18.0 Å². The zero-order chi connectivity index (χ0) is 17.7. The van der Waals surface area contributed by atoms with Crippen LogP contribution < -0.4 is 4.72 Å². The number of aliphatic carboxylic acids is 1. The molecule has 8 heteroatoms. The van der Waals surface area contributed by atoms with Crippen molar-refractivity contribution in [2.24, 2.45) is 5.92 Å². The SMILES string of the molecule is CS(=O)(=O)Nc1ccccc1C(=O)N1CCCC(CCC(=O)O)C1. The molecular formula is C16H22N2O5S. The van der Waals surface area contributed by atoms with Crippen LogP contribution in [-0.4, -0.2) is 49.6 Å². The van der Waals surface area contributed by atoms with Crippen LogP contribution in [0.15, 0.2) is 24.3 Å². The Bertz CT molecular complexity index is 717. The molecule has 0 aromatic heterocycles. The quantitative estimate of drug-likeness (QED) is 0.810. The first-order valence-corrected chi connectivity index (χ1v) is 9.73. The largest absolute Gasteiger partial charge is 0.481 e. The first-order chi connectivity index (χ1) is 11.3. The Morgan fingerprint density at radius 2 is 2.04 bits per heavy atom. The molecule has 1 heterocycles. The summed E-state index contributed by atoms with van der Waals surface area (Å²) in [5, 5.41) is 8.80. The van der Waals surface area contributed by atoms with Gasteiger partial charge >= 0.3 is 5.97 Å². The molecule has 0 spiro atoms. The summed E-state index contributed by atoms with van der Waals surface area (Å²) in [6, 6.07) is 6.50. The Balaban J connectivity index is 2.12. The number of hydrogen-bond donors (Lipinski definition) is 2. The fourth-order valence-electron chi connectivity index (χ4n) is 2.94. The molecule has 1 atom stereocenters. The molecule has 1 aliphatic rings. The number of piperidine rings is 1. The Hall–Kier alpha value is -2.09. The minimum Gasteiger partial charge on any atom is -0.481 e. The van der Waals surface area contributed by atoms with Crippen LogP contribution in [0, 0.1) is 5.92 Å². The third kappa shape index (κ3) is 5.23. The summed E-state index contributed by atoms with van der Waals surface area (Å²) in [4.78, 5) is 25.2. The van der Waals surface area contributed by atoms with Gasteiger partial charge in [-0.05, 0) is 37.3 Å². The lowest BCUT2D eigenvalue weighted by Gasteiger charge is -2.33. The summed E-state index contributed by atoms with van der Waals surface area (Å²) >= 11 is 0. The van der Waals surface area contributed by atoms with Crippen molar-refractivity contribution in [3.8, 4) is 0 Å². The number of benzene rings is 1. The molecule has 1 unspecified atom stereocenters. The molecule has 1 saturated heterocycles. The number of hydrogen-bond acceptors (Lipinski definition) is 4. The Labute approximate surface area is 141 Å². The Morgan fingerprint density at radius 3 is 2.71 bits per heavy atom. The number of carboxylic acid groups (broad SMARTS) is 1. The highest BCUT2D eigenvalue weighted by molar-refractivity contribution is 7.92. The second-order valence-corrected chi connectivity index (χ2v) is 7.86. The van der Waals surface area contributed by atoms with E-state index in [2.05, 4.69) is 4.72 Å². The molecule has 2 N–H and O–H groups in total. The van der Waals surface area contributed by atoms with Gasteiger partial charge in [-0.3, -0.25) is 14.3 Å². The average Bonchev–Trinajstić information content (AvgIpc) is 2.51. The van der Waals surface area contributed by atoms with Crippen molar-refractivity contribution in [3.63, 3.8) is 0 Å². The predicted molar refractivity (Wildman–Crippen MR) is 90.4 cm³/mol. The molecule has 0 saturated carbocycles. The molecular weight excluding hydrogens is 332 g/mol. The lowest BCUT2D eigenvalue weighted by molar-refractivity contribution is -0.137. The van der Waals surface area contributed by atoms with E-state index < -0.39 is 16.0 Å². The van der Waals surface area contributed by atoms with Crippen LogP contribution in [0.2, 0.25) is 0 Å². The second-order valence-electron chi connectivity index (χ2n) is 6.11. The van der Waals surface area contributed by atoms with Crippen molar-refractivity contribution in [1.29, 1.82) is 0 Å². The highest BCUT2D eigenvalue weighted by atomic mass is 32.2. The highest BCUT2D eigenvalue weighted by Gasteiger charge is 2.26. The van der Waals surface area contributed by atoms with Gasteiger partial charge in [0.05, 0.1) is 17.5 Å². The van der Waals surface area contributed by atoms with Crippen LogP contribution in [0.4, 0.5) is 5.69 Å². The number of anilines is 1. The fraction of sp³-hybridized carbons (Fsp3) is 0.500. The fourth-order valence-corrected chi connectivity index (χ4v) is 3.52. The summed E-state index contributed by atoms with van der Waals surface area (Å²) in [7, 11) is -3.48. The minimum atomic E-state index is -3.48. The molecule has 0 aliphatic carbocycles. The summed E-state index contributed by atoms with van der Waals surface area (Å²) in [5.41, 5.74) is 0.569. The van der Waals surface area contributed by atoms with Gasteiger partial charge in [-0.2, -0.15) is 0 Å². The molecule has 1 aliphatic heterocycles. The number of nitrogens with one attached hydrogen (secondary N) is 1. The normalized spacial score (nSPS) is 18.2. The molecule has 2 rings (SSSR count). The van der Waals surface area contributed by atoms with Gasteiger partial charge in [-0.1, -0.05) is 12.1 Å². The average molecular weight is 354 g/mol. The van der Waals surface area contributed by atoms with E-state index in [1.54, 1.807) is 29.2 Å². The predicted octanol–water partition coefficient (Wildman–Crippen LogP) is 1.78. The van der Waals surface area contributed by atoms with Gasteiger partial charge in [0.15, 0.2) is 0 Å². The van der Waals surface area contributed by atoms with Gasteiger partial charge in [0.25, 0.3) is 5.91 Å². The molecule has 0 bridgehead atoms. The smallest absolute Gasteiger partial charge is 0.303 e. The van der Waals surface area contributed by atoms with E-state index >= 15 is 0 Å². The number of carboxylic acids is 1. The van der Waals surface area contributed by atoms with Gasteiger partial charge < -0.3 is 10.0 Å². The van der Waals surface area contributed by atoms with Crippen molar-refractivity contribution in [2.75, 3.05) is 24.1 Å². The van der Waals surface area contributed by atoms with Crippen molar-refractivity contribution in [1.82, 2.24) is 4.90 Å². The zero-order valence-corrected chi connectivity index (χ0v) is 14.4. The number of sulfonamides is 1. The van der Waals surface area contributed by atoms with Crippen molar-refractivity contribution < 1.29 is 23.1 Å². The van der Waals surface area contributed by atoms with E-state index in [4.69, 9.17) is 5.11 Å². The summed E-state index contributed by atoms with van der Waals surface area (Å²) in [5.74, 6) is -0.906. The van der Waals surface area contributed by atoms with E-state index in [0.717, 1.165) is 19.1 Å². The summed E-state index contributed by atoms with van der Waals surface area (Å²) in [6.07, 6.45) is 3.40. The summed E-state index contributed by atoms with van der Waals surface area (Å²) in [6.45, 7) is 1.09. The standard InChI is InChI=1S/C16H22N2O5S/c1-24(22,23)17-14-7-3-2-6-13(14)16(21)18-10-4-5-12(11-18)8-9-15(19)20/h2-3,6-7,12,17H,4-5,8-11H2,1H3,(H,19,20). The van der Waals surface area contributed by atoms with Crippen molar-refractivity contribution in [2.45, 2.75) is 25.7 Å². The van der Waals surface area contributed by atoms with Gasteiger partial charge in [-0.25, -0.2) is 8.42 Å². The molecule has 24 heavy (non-hydrogen) atoms. The molecule has 1 fully saturated rings. The van der Waals surface area contributed by atoms with E-state index in [-0.39, 0.29) is 23.9 Å². The van der Waals surface area contributed by atoms with Gasteiger partial charge in [0.2, 0.25) is 10.0 Å². The Morgan fingerprint density at radius 1 is 1.33 bits per heavy atom. The van der Waals surface area contributed by atoms with Crippen molar-refractivity contribution >= 4 is 27.6 Å². The van der Waals surface area contributed by atoms with Gasteiger partial charge in [0.1, 0.15) is 0 Å². The number of amides is 1. The van der Waals surface area contributed by atoms with Gasteiger partial charge in [-0.15, -0.1) is 0 Å². The lowest BCUT2D eigenvalue weighted by Crippen LogP contribution is -2.40. The number of nitrogens with zero attached hydrogens (tertiary/aromatic N) is 1. The number of para-hydroxylation sites is 1. The maximum atomic E-state index is 12.8. The third-order valence-corrected chi connectivity index (χ3v) is 4.62. The van der Waals surface area contributed by atoms with E-state index in [1.807, 2.05) is 0 Å². The first-order valence-electron chi connectivity index (χ1n) is 7.84. The van der Waals surface area contributed by atoms with Crippen LogP contribution in [0.1, 0.15) is 36.0 Å². The van der Waals surface area contributed by atoms with Crippen LogP contribution in [-0.2, 0) is 14.8 Å². The molecule has 0 radical (unpaired) electrons. The maximum Gasteiger partial charge on any atom is 0.303 e. The first kappa shape index (κ1) is 18.3. The highest BCUT2D eigenvalue weighted by Crippen LogP contribution is 2.25. The summed E-state index contributed by atoms with van der Waals surface area (Å²) < 4.78 is 25.3. The minimum absolute atomic E-state index is 0.0961.